The predicted octanol–water partition coefficient (Wildman–Crippen LogP) is 4.37. The van der Waals surface area contributed by atoms with Gasteiger partial charge in [0.15, 0.2) is 0 Å². The Kier molecular flexibility index (Phi) is 4.12. The molecule has 0 atom stereocenters. The summed E-state index contributed by atoms with van der Waals surface area (Å²) in [7, 11) is 0. The quantitative estimate of drug-likeness (QED) is 0.853. The molecule has 0 aliphatic heterocycles. The number of benzene rings is 2. The molecule has 0 aliphatic carbocycles. The summed E-state index contributed by atoms with van der Waals surface area (Å²) >= 11 is 9.25. The Balaban J connectivity index is 2.25. The van der Waals surface area contributed by atoms with Crippen molar-refractivity contribution in [3.8, 4) is 5.75 Å². The monoisotopic (exact) mass is 339 g/mol. The van der Waals surface area contributed by atoms with Crippen LogP contribution in [0.25, 0.3) is 0 Å². The number of anilines is 1. The van der Waals surface area contributed by atoms with Crippen LogP contribution >= 0.6 is 27.5 Å². The molecule has 0 aliphatic rings. The summed E-state index contributed by atoms with van der Waals surface area (Å²) in [6, 6.07) is 9.92. The van der Waals surface area contributed by atoms with Crippen LogP contribution < -0.4 is 5.32 Å². The summed E-state index contributed by atoms with van der Waals surface area (Å²) < 4.78 is 0.720. The number of carbonyl (C=O) groups is 1. The minimum atomic E-state index is -0.390. The molecule has 0 bridgehead atoms. The molecule has 98 valence electrons. The Bertz CT molecular complexity index is 643. The van der Waals surface area contributed by atoms with E-state index in [1.165, 1.54) is 6.07 Å². The second kappa shape index (κ2) is 5.63. The van der Waals surface area contributed by atoms with Gasteiger partial charge in [0.25, 0.3) is 5.91 Å². The van der Waals surface area contributed by atoms with E-state index in [-0.39, 0.29) is 11.3 Å². The first kappa shape index (κ1) is 13.9. The van der Waals surface area contributed by atoms with Gasteiger partial charge in [0.1, 0.15) is 5.75 Å². The summed E-state index contributed by atoms with van der Waals surface area (Å²) in [5.74, 6) is -0.461. The second-order valence-electron chi connectivity index (χ2n) is 4.08. The number of aromatic hydroxyl groups is 1. The summed E-state index contributed by atoms with van der Waals surface area (Å²) in [6.45, 7) is 1.88. The van der Waals surface area contributed by atoms with Crippen LogP contribution in [-0.2, 0) is 0 Å². The van der Waals surface area contributed by atoms with E-state index in [1.807, 2.05) is 13.0 Å². The van der Waals surface area contributed by atoms with Crippen molar-refractivity contribution in [3.63, 3.8) is 0 Å². The van der Waals surface area contributed by atoms with Gasteiger partial charge in [-0.15, -0.1) is 0 Å². The highest BCUT2D eigenvalue weighted by Crippen LogP contribution is 2.24. The number of halogens is 2. The third-order valence-electron chi connectivity index (χ3n) is 2.63. The summed E-state index contributed by atoms with van der Waals surface area (Å²) in [4.78, 5) is 12.0. The van der Waals surface area contributed by atoms with Crippen LogP contribution in [-0.4, -0.2) is 11.0 Å². The zero-order chi connectivity index (χ0) is 14.0. The first-order valence-corrected chi connectivity index (χ1v) is 6.70. The number of aryl methyl sites for hydroxylation is 1. The van der Waals surface area contributed by atoms with Crippen LogP contribution in [0.1, 0.15) is 15.9 Å². The van der Waals surface area contributed by atoms with Crippen molar-refractivity contribution in [2.75, 3.05) is 5.32 Å². The maximum atomic E-state index is 12.0. The van der Waals surface area contributed by atoms with Gasteiger partial charge >= 0.3 is 0 Å². The Morgan fingerprint density at radius 1 is 1.26 bits per heavy atom. The first-order chi connectivity index (χ1) is 8.97. The standard InChI is InChI=1S/C14H11BrClNO2/c1-8-2-4-10(7-12(8)16)17-14(19)11-6-9(15)3-5-13(11)18/h2-7,18H,1H3,(H,17,19). The molecule has 0 saturated heterocycles. The molecule has 0 saturated carbocycles. The molecular weight excluding hydrogens is 330 g/mol. The van der Waals surface area contributed by atoms with E-state index in [2.05, 4.69) is 21.2 Å². The largest absolute Gasteiger partial charge is 0.507 e. The number of nitrogens with one attached hydrogen (secondary N) is 1. The molecule has 0 unspecified atom stereocenters. The number of rotatable bonds is 2. The molecule has 2 N–H and O–H groups in total. The summed E-state index contributed by atoms with van der Waals surface area (Å²) in [6.07, 6.45) is 0. The van der Waals surface area contributed by atoms with Gasteiger partial charge in [-0.2, -0.15) is 0 Å². The van der Waals surface area contributed by atoms with Crippen molar-refractivity contribution < 1.29 is 9.90 Å². The molecule has 1 amide bonds. The van der Waals surface area contributed by atoms with E-state index in [0.29, 0.717) is 10.7 Å². The number of carbonyl (C=O) groups excluding carboxylic acids is 1. The molecule has 0 fully saturated rings. The van der Waals surface area contributed by atoms with E-state index >= 15 is 0 Å². The Labute approximate surface area is 124 Å². The molecule has 0 spiro atoms. The predicted molar refractivity (Wildman–Crippen MR) is 79.9 cm³/mol. The topological polar surface area (TPSA) is 49.3 Å². The molecule has 5 heteroatoms. The van der Waals surface area contributed by atoms with Gasteiger partial charge in [0.2, 0.25) is 0 Å². The number of phenols is 1. The fourth-order valence-electron chi connectivity index (χ4n) is 1.56. The maximum absolute atomic E-state index is 12.0. The van der Waals surface area contributed by atoms with Gasteiger partial charge < -0.3 is 10.4 Å². The molecule has 2 rings (SSSR count). The van der Waals surface area contributed by atoms with Gasteiger partial charge in [-0.1, -0.05) is 33.6 Å². The molecular formula is C14H11BrClNO2. The van der Waals surface area contributed by atoms with E-state index in [4.69, 9.17) is 11.6 Å². The van der Waals surface area contributed by atoms with E-state index in [9.17, 15) is 9.90 Å². The third kappa shape index (κ3) is 3.28. The average molecular weight is 341 g/mol. The number of hydrogen-bond acceptors (Lipinski definition) is 2. The fourth-order valence-corrected chi connectivity index (χ4v) is 2.10. The first-order valence-electron chi connectivity index (χ1n) is 5.53. The molecule has 2 aromatic carbocycles. The lowest BCUT2D eigenvalue weighted by molar-refractivity contribution is 0.102. The Morgan fingerprint density at radius 2 is 2.00 bits per heavy atom. The zero-order valence-electron chi connectivity index (χ0n) is 10.1. The number of hydrogen-bond donors (Lipinski definition) is 2. The second-order valence-corrected chi connectivity index (χ2v) is 5.40. The van der Waals surface area contributed by atoms with Gasteiger partial charge in [-0.05, 0) is 42.8 Å². The summed E-state index contributed by atoms with van der Waals surface area (Å²) in [5.41, 5.74) is 1.72. The molecule has 3 nitrogen and oxygen atoms in total. The summed E-state index contributed by atoms with van der Waals surface area (Å²) in [5, 5.41) is 12.9. The molecule has 2 aromatic rings. The number of amides is 1. The maximum Gasteiger partial charge on any atom is 0.259 e. The van der Waals surface area contributed by atoms with Crippen LogP contribution in [0.4, 0.5) is 5.69 Å². The van der Waals surface area contributed by atoms with Crippen LogP contribution in [0.3, 0.4) is 0 Å². The van der Waals surface area contributed by atoms with Gasteiger partial charge in [-0.25, -0.2) is 0 Å². The van der Waals surface area contributed by atoms with Crippen molar-refractivity contribution in [1.82, 2.24) is 0 Å². The smallest absolute Gasteiger partial charge is 0.259 e. The van der Waals surface area contributed by atoms with E-state index in [0.717, 1.165) is 10.0 Å². The molecule has 0 radical (unpaired) electrons. The average Bonchev–Trinajstić information content (AvgIpc) is 2.36. The minimum absolute atomic E-state index is 0.0705. The Hall–Kier alpha value is -1.52. The van der Waals surface area contributed by atoms with Crippen molar-refractivity contribution >= 4 is 39.1 Å². The minimum Gasteiger partial charge on any atom is -0.507 e. The molecule has 0 aromatic heterocycles. The van der Waals surface area contributed by atoms with Crippen molar-refractivity contribution in [2.24, 2.45) is 0 Å². The van der Waals surface area contributed by atoms with Crippen molar-refractivity contribution in [3.05, 3.63) is 57.0 Å². The lowest BCUT2D eigenvalue weighted by Crippen LogP contribution is -2.12. The highest BCUT2D eigenvalue weighted by Gasteiger charge is 2.12. The van der Waals surface area contributed by atoms with Gasteiger partial charge in [-0.3, -0.25) is 4.79 Å². The van der Waals surface area contributed by atoms with Gasteiger partial charge in [0.05, 0.1) is 5.56 Å². The lowest BCUT2D eigenvalue weighted by atomic mass is 10.1. The highest BCUT2D eigenvalue weighted by molar-refractivity contribution is 9.10. The highest BCUT2D eigenvalue weighted by atomic mass is 79.9. The zero-order valence-corrected chi connectivity index (χ0v) is 12.4. The third-order valence-corrected chi connectivity index (χ3v) is 3.53. The molecule has 19 heavy (non-hydrogen) atoms. The van der Waals surface area contributed by atoms with Crippen LogP contribution in [0.2, 0.25) is 5.02 Å². The van der Waals surface area contributed by atoms with Crippen molar-refractivity contribution in [2.45, 2.75) is 6.92 Å². The molecule has 0 heterocycles. The van der Waals surface area contributed by atoms with Crippen LogP contribution in [0.5, 0.6) is 5.75 Å². The van der Waals surface area contributed by atoms with Crippen LogP contribution in [0, 0.1) is 6.92 Å². The van der Waals surface area contributed by atoms with Crippen LogP contribution in [0.15, 0.2) is 40.9 Å². The van der Waals surface area contributed by atoms with E-state index < -0.39 is 5.91 Å². The normalized spacial score (nSPS) is 10.3. The Morgan fingerprint density at radius 3 is 2.68 bits per heavy atom. The lowest BCUT2D eigenvalue weighted by Gasteiger charge is -2.08. The SMILES string of the molecule is Cc1ccc(NC(=O)c2cc(Br)ccc2O)cc1Cl. The van der Waals surface area contributed by atoms with Crippen molar-refractivity contribution in [1.29, 1.82) is 0 Å². The fraction of sp³-hybridized carbons (Fsp3) is 0.0714. The number of phenolic OH excluding ortho intramolecular Hbond substituents is 1. The van der Waals surface area contributed by atoms with E-state index in [1.54, 1.807) is 24.3 Å². The van der Waals surface area contributed by atoms with Gasteiger partial charge in [0, 0.05) is 15.2 Å².